The lowest BCUT2D eigenvalue weighted by Crippen LogP contribution is -2.44. The molecule has 0 bridgehead atoms. The molecule has 0 aliphatic carbocycles. The molecule has 0 fully saturated rings. The molecule has 0 aliphatic rings. The fourth-order valence-electron chi connectivity index (χ4n) is 1.34. The number of aliphatic hydroxyl groups excluding tert-OH is 1. The standard InChI is InChI=1S/C12H18N2O2/c1-9(15)8-14-12(16)11(13)7-10-5-3-2-4-6-10/h2-6,9,11,15H,7-8,13H2,1H3,(H,14,16)/t9-,11-/m0/s1. The summed E-state index contributed by atoms with van der Waals surface area (Å²) in [6.07, 6.45) is -0.0418. The molecular weight excluding hydrogens is 204 g/mol. The lowest BCUT2D eigenvalue weighted by Gasteiger charge is -2.13. The van der Waals surface area contributed by atoms with Crippen LogP contribution in [0, 0.1) is 0 Å². The van der Waals surface area contributed by atoms with Gasteiger partial charge in [0.05, 0.1) is 12.1 Å². The van der Waals surface area contributed by atoms with Crippen LogP contribution in [0.1, 0.15) is 12.5 Å². The van der Waals surface area contributed by atoms with Gasteiger partial charge in [-0.05, 0) is 18.9 Å². The van der Waals surface area contributed by atoms with Crippen molar-refractivity contribution in [1.82, 2.24) is 5.32 Å². The van der Waals surface area contributed by atoms with Gasteiger partial charge in [0.1, 0.15) is 0 Å². The number of carbonyl (C=O) groups excluding carboxylic acids is 1. The number of hydrogen-bond acceptors (Lipinski definition) is 3. The fraction of sp³-hybridized carbons (Fsp3) is 0.417. The van der Waals surface area contributed by atoms with Crippen molar-refractivity contribution >= 4 is 5.91 Å². The summed E-state index contributed by atoms with van der Waals surface area (Å²) in [5, 5.41) is 11.6. The van der Waals surface area contributed by atoms with E-state index in [1.807, 2.05) is 30.3 Å². The zero-order valence-electron chi connectivity index (χ0n) is 9.39. The number of rotatable bonds is 5. The smallest absolute Gasteiger partial charge is 0.237 e. The van der Waals surface area contributed by atoms with Crippen LogP contribution in [0.5, 0.6) is 0 Å². The molecule has 0 saturated carbocycles. The Morgan fingerprint density at radius 3 is 2.62 bits per heavy atom. The lowest BCUT2D eigenvalue weighted by atomic mass is 10.1. The van der Waals surface area contributed by atoms with Crippen molar-refractivity contribution in [3.8, 4) is 0 Å². The molecule has 4 N–H and O–H groups in total. The third-order valence-electron chi connectivity index (χ3n) is 2.21. The molecule has 16 heavy (non-hydrogen) atoms. The SMILES string of the molecule is C[C@H](O)CNC(=O)[C@@H](N)Cc1ccccc1. The highest BCUT2D eigenvalue weighted by atomic mass is 16.3. The molecule has 0 aliphatic heterocycles. The van der Waals surface area contributed by atoms with Crippen molar-refractivity contribution in [2.75, 3.05) is 6.54 Å². The highest BCUT2D eigenvalue weighted by molar-refractivity contribution is 5.81. The molecule has 88 valence electrons. The first-order valence-corrected chi connectivity index (χ1v) is 5.35. The molecule has 0 saturated heterocycles. The molecule has 1 aromatic carbocycles. The normalized spacial score (nSPS) is 14.2. The summed E-state index contributed by atoms with van der Waals surface area (Å²) in [7, 11) is 0. The van der Waals surface area contributed by atoms with Crippen molar-refractivity contribution < 1.29 is 9.90 Å². The number of benzene rings is 1. The van der Waals surface area contributed by atoms with Crippen LogP contribution in [0.3, 0.4) is 0 Å². The Labute approximate surface area is 95.5 Å². The number of nitrogens with two attached hydrogens (primary N) is 1. The van der Waals surface area contributed by atoms with Crippen molar-refractivity contribution in [2.24, 2.45) is 5.73 Å². The zero-order valence-corrected chi connectivity index (χ0v) is 9.39. The van der Waals surface area contributed by atoms with E-state index in [1.165, 1.54) is 0 Å². The predicted molar refractivity (Wildman–Crippen MR) is 62.8 cm³/mol. The van der Waals surface area contributed by atoms with Gasteiger partial charge in [-0.3, -0.25) is 4.79 Å². The summed E-state index contributed by atoms with van der Waals surface area (Å²) in [6, 6.07) is 9.04. The maximum atomic E-state index is 11.5. The topological polar surface area (TPSA) is 75.3 Å². The van der Waals surface area contributed by atoms with Gasteiger partial charge in [-0.1, -0.05) is 30.3 Å². The third-order valence-corrected chi connectivity index (χ3v) is 2.21. The Kier molecular flexibility index (Phi) is 4.95. The summed E-state index contributed by atoms with van der Waals surface area (Å²) >= 11 is 0. The first-order valence-electron chi connectivity index (χ1n) is 5.35. The second kappa shape index (κ2) is 6.25. The van der Waals surface area contributed by atoms with Crippen LogP contribution in [-0.2, 0) is 11.2 Å². The van der Waals surface area contributed by atoms with Gasteiger partial charge in [0, 0.05) is 6.54 Å². The van der Waals surface area contributed by atoms with Crippen LogP contribution in [0.15, 0.2) is 30.3 Å². The summed E-state index contributed by atoms with van der Waals surface area (Å²) in [5.41, 5.74) is 6.77. The second-order valence-electron chi connectivity index (χ2n) is 3.89. The minimum absolute atomic E-state index is 0.232. The molecule has 0 unspecified atom stereocenters. The summed E-state index contributed by atoms with van der Waals surface area (Å²) in [5.74, 6) is -0.232. The molecule has 0 spiro atoms. The quantitative estimate of drug-likeness (QED) is 0.659. The minimum atomic E-state index is -0.568. The number of aliphatic hydroxyl groups is 1. The Morgan fingerprint density at radius 1 is 1.44 bits per heavy atom. The molecule has 1 rings (SSSR count). The molecule has 2 atom stereocenters. The number of nitrogens with one attached hydrogen (secondary N) is 1. The van der Waals surface area contributed by atoms with Crippen LogP contribution < -0.4 is 11.1 Å². The van der Waals surface area contributed by atoms with E-state index in [-0.39, 0.29) is 12.5 Å². The Bertz CT molecular complexity index is 325. The number of hydrogen-bond donors (Lipinski definition) is 3. The van der Waals surface area contributed by atoms with Gasteiger partial charge in [0.2, 0.25) is 5.91 Å². The van der Waals surface area contributed by atoms with Crippen molar-refractivity contribution in [1.29, 1.82) is 0 Å². The van der Waals surface area contributed by atoms with Gasteiger partial charge in [0.25, 0.3) is 0 Å². The third kappa shape index (κ3) is 4.42. The maximum absolute atomic E-state index is 11.5. The average molecular weight is 222 g/mol. The number of amides is 1. The van der Waals surface area contributed by atoms with Gasteiger partial charge < -0.3 is 16.2 Å². The highest BCUT2D eigenvalue weighted by Crippen LogP contribution is 2.01. The predicted octanol–water partition coefficient (Wildman–Crippen LogP) is 0.0534. The van der Waals surface area contributed by atoms with Gasteiger partial charge in [-0.2, -0.15) is 0 Å². The Balaban J connectivity index is 2.40. The minimum Gasteiger partial charge on any atom is -0.392 e. The van der Waals surface area contributed by atoms with E-state index in [0.29, 0.717) is 6.42 Å². The van der Waals surface area contributed by atoms with Crippen molar-refractivity contribution in [3.05, 3.63) is 35.9 Å². The van der Waals surface area contributed by atoms with Gasteiger partial charge in [-0.15, -0.1) is 0 Å². The first kappa shape index (κ1) is 12.7. The van der Waals surface area contributed by atoms with Crippen LogP contribution in [0.25, 0.3) is 0 Å². The summed E-state index contributed by atoms with van der Waals surface area (Å²) < 4.78 is 0. The van der Waals surface area contributed by atoms with E-state index in [1.54, 1.807) is 6.92 Å². The van der Waals surface area contributed by atoms with Crippen molar-refractivity contribution in [3.63, 3.8) is 0 Å². The van der Waals surface area contributed by atoms with Gasteiger partial charge in [-0.25, -0.2) is 0 Å². The summed E-state index contributed by atoms with van der Waals surface area (Å²) in [4.78, 5) is 11.5. The van der Waals surface area contributed by atoms with Crippen LogP contribution in [0.4, 0.5) is 0 Å². The largest absolute Gasteiger partial charge is 0.392 e. The van der Waals surface area contributed by atoms with E-state index in [9.17, 15) is 4.79 Å². The molecule has 0 heterocycles. The van der Waals surface area contributed by atoms with E-state index >= 15 is 0 Å². The average Bonchev–Trinajstić information content (AvgIpc) is 2.27. The molecule has 4 heteroatoms. The lowest BCUT2D eigenvalue weighted by molar-refractivity contribution is -0.122. The summed E-state index contributed by atoms with van der Waals surface area (Å²) in [6.45, 7) is 1.85. The second-order valence-corrected chi connectivity index (χ2v) is 3.89. The molecule has 0 radical (unpaired) electrons. The van der Waals surface area contributed by atoms with Crippen LogP contribution in [-0.4, -0.2) is 29.7 Å². The Morgan fingerprint density at radius 2 is 2.06 bits per heavy atom. The monoisotopic (exact) mass is 222 g/mol. The van der Waals surface area contributed by atoms with Crippen molar-refractivity contribution in [2.45, 2.75) is 25.5 Å². The van der Waals surface area contributed by atoms with Gasteiger partial charge >= 0.3 is 0 Å². The van der Waals surface area contributed by atoms with E-state index in [2.05, 4.69) is 5.32 Å². The molecule has 4 nitrogen and oxygen atoms in total. The zero-order chi connectivity index (χ0) is 12.0. The van der Waals surface area contributed by atoms with E-state index in [0.717, 1.165) is 5.56 Å². The van der Waals surface area contributed by atoms with Crippen LogP contribution in [0.2, 0.25) is 0 Å². The highest BCUT2D eigenvalue weighted by Gasteiger charge is 2.13. The van der Waals surface area contributed by atoms with E-state index < -0.39 is 12.1 Å². The fourth-order valence-corrected chi connectivity index (χ4v) is 1.34. The molecule has 1 amide bonds. The molecular formula is C12H18N2O2. The molecule has 1 aromatic rings. The maximum Gasteiger partial charge on any atom is 0.237 e. The molecule has 0 aromatic heterocycles. The van der Waals surface area contributed by atoms with Gasteiger partial charge in [0.15, 0.2) is 0 Å². The van der Waals surface area contributed by atoms with Crippen LogP contribution >= 0.6 is 0 Å². The van der Waals surface area contributed by atoms with E-state index in [4.69, 9.17) is 10.8 Å². The Hall–Kier alpha value is -1.39. The number of carbonyl (C=O) groups is 1. The first-order chi connectivity index (χ1) is 7.59.